The highest BCUT2D eigenvalue weighted by Gasteiger charge is 2.27. The molecule has 20 heavy (non-hydrogen) atoms. The average Bonchev–Trinajstić information content (AvgIpc) is 2.79. The maximum Gasteiger partial charge on any atom is 0.398 e. The lowest BCUT2D eigenvalue weighted by molar-refractivity contribution is -0.105. The molecule has 0 unspecified atom stereocenters. The second-order valence-corrected chi connectivity index (χ2v) is 6.07. The zero-order chi connectivity index (χ0) is 14.6. The molecule has 2 rings (SSSR count). The van der Waals surface area contributed by atoms with Crippen molar-refractivity contribution in [3.63, 3.8) is 0 Å². The Morgan fingerprint density at radius 1 is 1.20 bits per heavy atom. The molecule has 1 aromatic carbocycles. The van der Waals surface area contributed by atoms with Gasteiger partial charge in [0.15, 0.2) is 0 Å². The van der Waals surface area contributed by atoms with Gasteiger partial charge in [-0.25, -0.2) is 0 Å². The Morgan fingerprint density at radius 3 is 2.60 bits per heavy atom. The summed E-state index contributed by atoms with van der Waals surface area (Å²) >= 11 is 2.30. The Bertz CT molecular complexity index is 567. The van der Waals surface area contributed by atoms with Gasteiger partial charge in [-0.3, -0.25) is 0 Å². The van der Waals surface area contributed by atoms with Crippen LogP contribution < -0.4 is 11.1 Å². The molecule has 0 amide bonds. The van der Waals surface area contributed by atoms with Crippen LogP contribution >= 0.6 is 23.1 Å². The van der Waals surface area contributed by atoms with Gasteiger partial charge in [0.25, 0.3) is 0 Å². The molecular weight excluding hydrogens is 305 g/mol. The van der Waals surface area contributed by atoms with Gasteiger partial charge in [0.05, 0.1) is 12.3 Å². The summed E-state index contributed by atoms with van der Waals surface area (Å²) in [6, 6.07) is 8.77. The molecule has 2 nitrogen and oxygen atoms in total. The quantitative estimate of drug-likeness (QED) is 0.792. The van der Waals surface area contributed by atoms with E-state index in [1.807, 2.05) is 11.4 Å². The summed E-state index contributed by atoms with van der Waals surface area (Å²) in [5, 5.41) is 5.02. The largest absolute Gasteiger partial charge is 0.398 e. The molecule has 2 aromatic rings. The lowest BCUT2D eigenvalue weighted by Gasteiger charge is -2.12. The van der Waals surface area contributed by atoms with Crippen LogP contribution in [0, 0.1) is 0 Å². The van der Waals surface area contributed by atoms with E-state index in [1.165, 1.54) is 11.3 Å². The third-order valence-electron chi connectivity index (χ3n) is 2.50. The van der Waals surface area contributed by atoms with E-state index in [0.29, 0.717) is 22.8 Å². The van der Waals surface area contributed by atoms with Gasteiger partial charge in [0.1, 0.15) is 0 Å². The van der Waals surface area contributed by atoms with Crippen LogP contribution in [0.4, 0.5) is 24.5 Å². The normalized spacial score (nSPS) is 11.6. The van der Waals surface area contributed by atoms with Crippen LogP contribution in [0.25, 0.3) is 0 Å². The molecule has 0 aliphatic rings. The van der Waals surface area contributed by atoms with E-state index in [2.05, 4.69) is 5.32 Å². The highest BCUT2D eigenvalue weighted by molar-refractivity contribution is 7.99. The highest BCUT2D eigenvalue weighted by atomic mass is 32.2. The molecule has 1 aromatic heterocycles. The van der Waals surface area contributed by atoms with Crippen LogP contribution in [0.5, 0.6) is 0 Å². The standard InChI is InChI=1S/C13H13F3N2S2/c14-13(15,16)8-20-11-4-2-1-3-10(11)18-7-12-9(17)5-6-19-12/h1-6,18H,7-8,17H2. The molecule has 7 heteroatoms. The summed E-state index contributed by atoms with van der Waals surface area (Å²) in [7, 11) is 0. The topological polar surface area (TPSA) is 38.0 Å². The molecule has 0 saturated carbocycles. The number of para-hydroxylation sites is 1. The number of nitrogen functional groups attached to an aromatic ring is 1. The van der Waals surface area contributed by atoms with Gasteiger partial charge in [-0.2, -0.15) is 13.2 Å². The van der Waals surface area contributed by atoms with Gasteiger partial charge < -0.3 is 11.1 Å². The number of thiophene rings is 1. The Balaban J connectivity index is 2.02. The molecule has 0 radical (unpaired) electrons. The zero-order valence-corrected chi connectivity index (χ0v) is 12.0. The number of anilines is 2. The van der Waals surface area contributed by atoms with Crippen molar-refractivity contribution in [2.75, 3.05) is 16.8 Å². The second kappa shape index (κ2) is 6.41. The van der Waals surface area contributed by atoms with Gasteiger partial charge in [-0.15, -0.1) is 23.1 Å². The number of nitrogens with one attached hydrogen (secondary N) is 1. The van der Waals surface area contributed by atoms with Crippen molar-refractivity contribution in [1.82, 2.24) is 0 Å². The lowest BCUT2D eigenvalue weighted by atomic mass is 10.3. The van der Waals surface area contributed by atoms with E-state index in [-0.39, 0.29) is 0 Å². The number of benzene rings is 1. The van der Waals surface area contributed by atoms with Crippen LogP contribution in [0.3, 0.4) is 0 Å². The predicted octanol–water partition coefficient (Wildman–Crippen LogP) is 4.60. The van der Waals surface area contributed by atoms with E-state index in [9.17, 15) is 13.2 Å². The Kier molecular flexibility index (Phi) is 4.82. The van der Waals surface area contributed by atoms with Crippen molar-refractivity contribution in [1.29, 1.82) is 0 Å². The van der Waals surface area contributed by atoms with Gasteiger partial charge >= 0.3 is 6.18 Å². The fourth-order valence-corrected chi connectivity index (χ4v) is 3.10. The third-order valence-corrected chi connectivity index (χ3v) is 4.57. The molecule has 3 N–H and O–H groups in total. The first-order chi connectivity index (χ1) is 9.46. The Hall–Kier alpha value is -1.34. The van der Waals surface area contributed by atoms with Crippen molar-refractivity contribution in [2.45, 2.75) is 17.6 Å². The SMILES string of the molecule is Nc1ccsc1CNc1ccccc1SCC(F)(F)F. The van der Waals surface area contributed by atoms with Crippen LogP contribution in [0.1, 0.15) is 4.88 Å². The number of alkyl halides is 3. The summed E-state index contributed by atoms with van der Waals surface area (Å²) in [4.78, 5) is 1.56. The van der Waals surface area contributed by atoms with E-state index < -0.39 is 11.9 Å². The summed E-state index contributed by atoms with van der Waals surface area (Å²) in [5.74, 6) is -0.896. The van der Waals surface area contributed by atoms with E-state index in [0.717, 1.165) is 16.6 Å². The molecular formula is C13H13F3N2S2. The number of halogens is 3. The van der Waals surface area contributed by atoms with Crippen molar-refractivity contribution >= 4 is 34.5 Å². The van der Waals surface area contributed by atoms with Crippen molar-refractivity contribution in [2.24, 2.45) is 0 Å². The predicted molar refractivity (Wildman–Crippen MR) is 79.3 cm³/mol. The number of hydrogen-bond donors (Lipinski definition) is 2. The van der Waals surface area contributed by atoms with Crippen molar-refractivity contribution in [3.8, 4) is 0 Å². The smallest absolute Gasteiger partial charge is 0.398 e. The molecule has 0 fully saturated rings. The van der Waals surface area contributed by atoms with Gasteiger partial charge in [0.2, 0.25) is 0 Å². The summed E-state index contributed by atoms with van der Waals surface area (Å²) in [5.41, 5.74) is 7.16. The molecule has 0 bridgehead atoms. The van der Waals surface area contributed by atoms with Crippen molar-refractivity contribution in [3.05, 3.63) is 40.6 Å². The van der Waals surface area contributed by atoms with E-state index in [1.54, 1.807) is 24.3 Å². The molecule has 0 aliphatic heterocycles. The number of thioether (sulfide) groups is 1. The minimum atomic E-state index is -4.17. The number of hydrogen-bond acceptors (Lipinski definition) is 4. The Morgan fingerprint density at radius 2 is 1.95 bits per heavy atom. The van der Waals surface area contributed by atoms with Crippen molar-refractivity contribution < 1.29 is 13.2 Å². The number of nitrogens with two attached hydrogens (primary N) is 1. The molecule has 0 spiro atoms. The highest BCUT2D eigenvalue weighted by Crippen LogP contribution is 2.32. The van der Waals surface area contributed by atoms with E-state index >= 15 is 0 Å². The monoisotopic (exact) mass is 318 g/mol. The second-order valence-electron chi connectivity index (χ2n) is 4.05. The number of rotatable bonds is 5. The van der Waals surface area contributed by atoms with E-state index in [4.69, 9.17) is 5.73 Å². The zero-order valence-electron chi connectivity index (χ0n) is 10.4. The van der Waals surface area contributed by atoms with Gasteiger partial charge in [-0.1, -0.05) is 12.1 Å². The minimum Gasteiger partial charge on any atom is -0.398 e. The molecule has 0 saturated heterocycles. The van der Waals surface area contributed by atoms with Gasteiger partial charge in [0, 0.05) is 21.1 Å². The van der Waals surface area contributed by atoms with Crippen LogP contribution in [0.2, 0.25) is 0 Å². The summed E-state index contributed by atoms with van der Waals surface area (Å²) in [6.45, 7) is 0.507. The first kappa shape index (κ1) is 15.1. The fourth-order valence-electron chi connectivity index (χ4n) is 1.57. The minimum absolute atomic E-state index is 0.507. The molecule has 108 valence electrons. The Labute approximate surface area is 123 Å². The lowest BCUT2D eigenvalue weighted by Crippen LogP contribution is -2.11. The first-order valence-electron chi connectivity index (χ1n) is 5.80. The first-order valence-corrected chi connectivity index (χ1v) is 7.66. The van der Waals surface area contributed by atoms with Crippen LogP contribution in [0.15, 0.2) is 40.6 Å². The third kappa shape index (κ3) is 4.35. The van der Waals surface area contributed by atoms with Gasteiger partial charge in [-0.05, 0) is 23.6 Å². The van der Waals surface area contributed by atoms with Crippen LogP contribution in [-0.4, -0.2) is 11.9 Å². The summed E-state index contributed by atoms with van der Waals surface area (Å²) < 4.78 is 36.8. The molecule has 0 atom stereocenters. The maximum atomic E-state index is 12.3. The summed E-state index contributed by atoms with van der Waals surface area (Å²) in [6.07, 6.45) is -4.17. The van der Waals surface area contributed by atoms with Crippen LogP contribution in [-0.2, 0) is 6.54 Å². The average molecular weight is 318 g/mol. The maximum absolute atomic E-state index is 12.3. The molecule has 1 heterocycles. The molecule has 0 aliphatic carbocycles. The fraction of sp³-hybridized carbons (Fsp3) is 0.231.